The van der Waals surface area contributed by atoms with Crippen LogP contribution in [0.3, 0.4) is 0 Å². The SMILES string of the molecule is Cc1ccnc(-c2ccc(C(=O)Nc3nccs3)cc2)c1. The molecule has 0 saturated carbocycles. The van der Waals surface area contributed by atoms with Gasteiger partial charge in [0.15, 0.2) is 5.13 Å². The van der Waals surface area contributed by atoms with Gasteiger partial charge in [0, 0.05) is 28.9 Å². The number of rotatable bonds is 3. The second kappa shape index (κ2) is 5.85. The third-order valence-electron chi connectivity index (χ3n) is 3.01. The predicted octanol–water partition coefficient (Wildman–Crippen LogP) is 3.77. The van der Waals surface area contributed by atoms with Crippen molar-refractivity contribution in [2.24, 2.45) is 0 Å². The van der Waals surface area contributed by atoms with Crippen LogP contribution < -0.4 is 5.32 Å². The van der Waals surface area contributed by atoms with Crippen molar-refractivity contribution in [3.05, 3.63) is 65.3 Å². The highest BCUT2D eigenvalue weighted by molar-refractivity contribution is 7.13. The normalized spacial score (nSPS) is 10.3. The lowest BCUT2D eigenvalue weighted by Gasteiger charge is -2.04. The molecule has 3 aromatic rings. The number of pyridine rings is 1. The molecule has 0 aliphatic carbocycles. The van der Waals surface area contributed by atoms with Crippen LogP contribution in [0.5, 0.6) is 0 Å². The Bertz CT molecular complexity index is 751. The van der Waals surface area contributed by atoms with Crippen LogP contribution in [0.4, 0.5) is 5.13 Å². The fourth-order valence-electron chi connectivity index (χ4n) is 1.94. The van der Waals surface area contributed by atoms with Gasteiger partial charge in [0.25, 0.3) is 5.91 Å². The second-order valence-electron chi connectivity index (χ2n) is 4.59. The summed E-state index contributed by atoms with van der Waals surface area (Å²) in [6, 6.07) is 11.4. The van der Waals surface area contributed by atoms with Crippen molar-refractivity contribution < 1.29 is 4.79 Å². The van der Waals surface area contributed by atoms with Crippen molar-refractivity contribution in [3.63, 3.8) is 0 Å². The molecule has 0 fully saturated rings. The van der Waals surface area contributed by atoms with Gasteiger partial charge in [0.1, 0.15) is 0 Å². The average Bonchev–Trinajstić information content (AvgIpc) is 3.00. The lowest BCUT2D eigenvalue weighted by molar-refractivity contribution is 0.102. The first-order valence-electron chi connectivity index (χ1n) is 6.46. The van der Waals surface area contributed by atoms with Gasteiger partial charge in [-0.15, -0.1) is 11.3 Å². The molecule has 1 N–H and O–H groups in total. The third-order valence-corrected chi connectivity index (χ3v) is 3.70. The molecule has 0 radical (unpaired) electrons. The summed E-state index contributed by atoms with van der Waals surface area (Å²) >= 11 is 1.39. The lowest BCUT2D eigenvalue weighted by Crippen LogP contribution is -2.11. The zero-order valence-corrected chi connectivity index (χ0v) is 12.2. The van der Waals surface area contributed by atoms with Crippen LogP contribution in [-0.4, -0.2) is 15.9 Å². The maximum Gasteiger partial charge on any atom is 0.257 e. The number of aryl methyl sites for hydroxylation is 1. The summed E-state index contributed by atoms with van der Waals surface area (Å²) in [6.07, 6.45) is 3.44. The largest absolute Gasteiger partial charge is 0.298 e. The van der Waals surface area contributed by atoms with E-state index in [0.717, 1.165) is 16.8 Å². The molecule has 0 bridgehead atoms. The van der Waals surface area contributed by atoms with E-state index in [4.69, 9.17) is 0 Å². The van der Waals surface area contributed by atoms with E-state index in [2.05, 4.69) is 15.3 Å². The molecule has 5 heteroatoms. The zero-order valence-electron chi connectivity index (χ0n) is 11.4. The van der Waals surface area contributed by atoms with E-state index in [-0.39, 0.29) is 5.91 Å². The quantitative estimate of drug-likeness (QED) is 0.800. The Kier molecular flexibility index (Phi) is 3.75. The highest BCUT2D eigenvalue weighted by atomic mass is 32.1. The summed E-state index contributed by atoms with van der Waals surface area (Å²) in [6.45, 7) is 2.03. The third kappa shape index (κ3) is 3.14. The van der Waals surface area contributed by atoms with E-state index in [1.807, 2.05) is 36.6 Å². The molecule has 2 aromatic heterocycles. The van der Waals surface area contributed by atoms with E-state index in [0.29, 0.717) is 10.7 Å². The van der Waals surface area contributed by atoms with Gasteiger partial charge >= 0.3 is 0 Å². The van der Waals surface area contributed by atoms with Crippen LogP contribution in [0.15, 0.2) is 54.2 Å². The van der Waals surface area contributed by atoms with Gasteiger partial charge in [0.2, 0.25) is 0 Å². The Balaban J connectivity index is 1.79. The van der Waals surface area contributed by atoms with Gasteiger partial charge in [0.05, 0.1) is 5.69 Å². The number of anilines is 1. The monoisotopic (exact) mass is 295 g/mol. The van der Waals surface area contributed by atoms with Crippen LogP contribution in [0.25, 0.3) is 11.3 Å². The minimum absolute atomic E-state index is 0.159. The maximum atomic E-state index is 12.1. The first-order chi connectivity index (χ1) is 10.2. The van der Waals surface area contributed by atoms with Gasteiger partial charge in [-0.25, -0.2) is 4.98 Å². The topological polar surface area (TPSA) is 54.9 Å². The second-order valence-corrected chi connectivity index (χ2v) is 5.48. The standard InChI is InChI=1S/C16H13N3OS/c1-11-6-7-17-14(10-11)12-2-4-13(5-3-12)15(20)19-16-18-8-9-21-16/h2-10H,1H3,(H,18,19,20). The Hall–Kier alpha value is -2.53. The molecule has 0 saturated heterocycles. The fourth-order valence-corrected chi connectivity index (χ4v) is 2.46. The predicted molar refractivity (Wildman–Crippen MR) is 84.5 cm³/mol. The van der Waals surface area contributed by atoms with Crippen LogP contribution in [0, 0.1) is 6.92 Å². The molecule has 0 spiro atoms. The first-order valence-corrected chi connectivity index (χ1v) is 7.34. The van der Waals surface area contributed by atoms with Crippen molar-refractivity contribution in [2.45, 2.75) is 6.92 Å². The van der Waals surface area contributed by atoms with E-state index in [1.54, 1.807) is 24.5 Å². The van der Waals surface area contributed by atoms with Crippen molar-refractivity contribution >= 4 is 22.4 Å². The average molecular weight is 295 g/mol. The van der Waals surface area contributed by atoms with Crippen molar-refractivity contribution in [3.8, 4) is 11.3 Å². The minimum Gasteiger partial charge on any atom is -0.298 e. The summed E-state index contributed by atoms with van der Waals surface area (Å²) in [4.78, 5) is 20.4. The summed E-state index contributed by atoms with van der Waals surface area (Å²) < 4.78 is 0. The molecule has 1 amide bonds. The molecule has 104 valence electrons. The van der Waals surface area contributed by atoms with Crippen molar-refractivity contribution in [1.82, 2.24) is 9.97 Å². The number of aromatic nitrogens is 2. The Morgan fingerprint density at radius 1 is 1.10 bits per heavy atom. The van der Waals surface area contributed by atoms with E-state index in [9.17, 15) is 4.79 Å². The number of amides is 1. The highest BCUT2D eigenvalue weighted by Gasteiger charge is 2.08. The van der Waals surface area contributed by atoms with Crippen LogP contribution in [0.2, 0.25) is 0 Å². The summed E-state index contributed by atoms with van der Waals surface area (Å²) in [7, 11) is 0. The number of nitrogens with zero attached hydrogens (tertiary/aromatic N) is 2. The molecule has 2 heterocycles. The van der Waals surface area contributed by atoms with E-state index >= 15 is 0 Å². The minimum atomic E-state index is -0.159. The van der Waals surface area contributed by atoms with Gasteiger partial charge in [-0.3, -0.25) is 15.1 Å². The van der Waals surface area contributed by atoms with Crippen LogP contribution in [-0.2, 0) is 0 Å². The molecule has 0 aliphatic rings. The Morgan fingerprint density at radius 3 is 2.57 bits per heavy atom. The first kappa shape index (κ1) is 13.5. The van der Waals surface area contributed by atoms with Gasteiger partial charge in [-0.1, -0.05) is 12.1 Å². The molecule has 21 heavy (non-hydrogen) atoms. The molecule has 1 aromatic carbocycles. The lowest BCUT2D eigenvalue weighted by atomic mass is 10.1. The Labute approximate surface area is 126 Å². The van der Waals surface area contributed by atoms with Crippen molar-refractivity contribution in [1.29, 1.82) is 0 Å². The van der Waals surface area contributed by atoms with Crippen molar-refractivity contribution in [2.75, 3.05) is 5.32 Å². The number of hydrogen-bond acceptors (Lipinski definition) is 4. The molecular formula is C16H13N3OS. The molecule has 0 atom stereocenters. The van der Waals surface area contributed by atoms with Crippen LogP contribution in [0.1, 0.15) is 15.9 Å². The molecular weight excluding hydrogens is 282 g/mol. The van der Waals surface area contributed by atoms with Gasteiger partial charge in [-0.2, -0.15) is 0 Å². The summed E-state index contributed by atoms with van der Waals surface area (Å²) in [5.41, 5.74) is 3.65. The number of carbonyl (C=O) groups excluding carboxylic acids is 1. The summed E-state index contributed by atoms with van der Waals surface area (Å²) in [5, 5.41) is 5.18. The maximum absolute atomic E-state index is 12.1. The molecule has 3 rings (SSSR count). The fraction of sp³-hybridized carbons (Fsp3) is 0.0625. The number of benzene rings is 1. The zero-order chi connectivity index (χ0) is 14.7. The number of carbonyl (C=O) groups is 1. The van der Waals surface area contributed by atoms with Gasteiger partial charge < -0.3 is 0 Å². The smallest absolute Gasteiger partial charge is 0.257 e. The molecule has 0 aliphatic heterocycles. The number of nitrogens with one attached hydrogen (secondary N) is 1. The molecule has 0 unspecified atom stereocenters. The van der Waals surface area contributed by atoms with E-state index < -0.39 is 0 Å². The van der Waals surface area contributed by atoms with Crippen LogP contribution >= 0.6 is 11.3 Å². The highest BCUT2D eigenvalue weighted by Crippen LogP contribution is 2.19. The van der Waals surface area contributed by atoms with Gasteiger partial charge in [-0.05, 0) is 36.8 Å². The Morgan fingerprint density at radius 2 is 1.90 bits per heavy atom. The number of hydrogen-bond donors (Lipinski definition) is 1. The molecule has 4 nitrogen and oxygen atoms in total. The van der Waals surface area contributed by atoms with E-state index in [1.165, 1.54) is 11.3 Å². The number of thiazole rings is 1. The summed E-state index contributed by atoms with van der Waals surface area (Å²) in [5.74, 6) is -0.159.